The number of aromatic amines is 1. The zero-order chi connectivity index (χ0) is 14.6. The lowest BCUT2D eigenvalue weighted by atomic mass is 10.2. The van der Waals surface area contributed by atoms with Gasteiger partial charge in [0.05, 0.1) is 12.9 Å². The van der Waals surface area contributed by atoms with E-state index in [2.05, 4.69) is 31.5 Å². The number of nitrogens with one attached hydrogen (secondary N) is 1. The van der Waals surface area contributed by atoms with E-state index in [1.165, 1.54) is 6.92 Å². The lowest BCUT2D eigenvalue weighted by Gasteiger charge is -2.05. The standard InChI is InChI=1S/C9H16O4S.C3H4N2/c1-4-5-6-7-8-12-14(10,11)13-9(2)3;1-2-5-3-4-1/h4H,1-2,5-8H2,3H3;1-3H,(H,4,5). The molecule has 0 saturated carbocycles. The van der Waals surface area contributed by atoms with Gasteiger partial charge in [-0.25, -0.2) is 9.17 Å². The van der Waals surface area contributed by atoms with Crippen molar-refractivity contribution < 1.29 is 16.8 Å². The minimum atomic E-state index is -3.89. The zero-order valence-electron chi connectivity index (χ0n) is 11.0. The molecule has 0 aliphatic rings. The average molecular weight is 288 g/mol. The van der Waals surface area contributed by atoms with Crippen LogP contribution in [0.2, 0.25) is 0 Å². The number of H-pyrrole nitrogens is 1. The maximum absolute atomic E-state index is 10.9. The summed E-state index contributed by atoms with van der Waals surface area (Å²) in [5, 5.41) is 0. The molecule has 0 unspecified atom stereocenters. The largest absolute Gasteiger partial charge is 0.448 e. The van der Waals surface area contributed by atoms with Crippen molar-refractivity contribution in [2.24, 2.45) is 0 Å². The second-order valence-corrected chi connectivity index (χ2v) is 4.78. The Morgan fingerprint density at radius 2 is 2.21 bits per heavy atom. The quantitative estimate of drug-likeness (QED) is 0.451. The van der Waals surface area contributed by atoms with Crippen LogP contribution in [0, 0.1) is 0 Å². The van der Waals surface area contributed by atoms with Crippen molar-refractivity contribution in [1.82, 2.24) is 9.97 Å². The van der Waals surface area contributed by atoms with Crippen molar-refractivity contribution in [2.45, 2.75) is 26.2 Å². The second-order valence-electron chi connectivity index (χ2n) is 3.56. The van der Waals surface area contributed by atoms with Gasteiger partial charge >= 0.3 is 10.4 Å². The fourth-order valence-corrected chi connectivity index (χ4v) is 1.68. The van der Waals surface area contributed by atoms with E-state index in [0.717, 1.165) is 12.8 Å². The summed E-state index contributed by atoms with van der Waals surface area (Å²) >= 11 is 0. The number of allylic oxidation sites excluding steroid dienone is 2. The molecule has 0 spiro atoms. The van der Waals surface area contributed by atoms with Gasteiger partial charge in [0.1, 0.15) is 5.76 Å². The Hall–Kier alpha value is -1.60. The summed E-state index contributed by atoms with van der Waals surface area (Å²) in [6.45, 7) is 8.43. The van der Waals surface area contributed by atoms with Crippen LogP contribution < -0.4 is 0 Å². The first-order chi connectivity index (χ1) is 8.98. The van der Waals surface area contributed by atoms with Gasteiger partial charge in [0.25, 0.3) is 0 Å². The summed E-state index contributed by atoms with van der Waals surface area (Å²) in [5.41, 5.74) is 0. The van der Waals surface area contributed by atoms with Crippen molar-refractivity contribution in [3.05, 3.63) is 43.7 Å². The molecule has 6 nitrogen and oxygen atoms in total. The Balaban J connectivity index is 0.000000532. The summed E-state index contributed by atoms with van der Waals surface area (Å²) in [6.07, 6.45) is 9.22. The Morgan fingerprint density at radius 3 is 2.63 bits per heavy atom. The van der Waals surface area contributed by atoms with E-state index in [1.54, 1.807) is 24.8 Å². The summed E-state index contributed by atoms with van der Waals surface area (Å²) in [7, 11) is -3.89. The van der Waals surface area contributed by atoms with Crippen molar-refractivity contribution >= 4 is 10.4 Å². The van der Waals surface area contributed by atoms with Crippen molar-refractivity contribution in [2.75, 3.05) is 6.61 Å². The molecule has 19 heavy (non-hydrogen) atoms. The molecule has 108 valence electrons. The van der Waals surface area contributed by atoms with Crippen molar-refractivity contribution in [3.8, 4) is 0 Å². The number of hydrogen-bond acceptors (Lipinski definition) is 5. The highest BCUT2D eigenvalue weighted by molar-refractivity contribution is 7.82. The molecule has 1 aromatic rings. The van der Waals surface area contributed by atoms with Crippen LogP contribution in [0.5, 0.6) is 0 Å². The lowest BCUT2D eigenvalue weighted by Crippen LogP contribution is -2.09. The fraction of sp³-hybridized carbons (Fsp3) is 0.417. The molecule has 0 saturated heterocycles. The molecule has 1 aromatic heterocycles. The minimum Gasteiger partial charge on any atom is -0.367 e. The highest BCUT2D eigenvalue weighted by atomic mass is 32.3. The van der Waals surface area contributed by atoms with Crippen LogP contribution in [-0.4, -0.2) is 25.0 Å². The molecule has 0 aliphatic carbocycles. The van der Waals surface area contributed by atoms with Crippen LogP contribution in [0.1, 0.15) is 26.2 Å². The van der Waals surface area contributed by atoms with E-state index < -0.39 is 10.4 Å². The molecule has 1 N–H and O–H groups in total. The van der Waals surface area contributed by atoms with Crippen LogP contribution in [0.15, 0.2) is 43.7 Å². The third kappa shape index (κ3) is 12.6. The monoisotopic (exact) mass is 288 g/mol. The third-order valence-corrected chi connectivity index (χ3v) is 2.62. The maximum atomic E-state index is 10.9. The molecule has 0 bridgehead atoms. The highest BCUT2D eigenvalue weighted by Gasteiger charge is 2.11. The Morgan fingerprint density at radius 1 is 1.47 bits per heavy atom. The SMILES string of the molecule is C=CCCCCOS(=O)(=O)OC(=C)C.c1c[nH]cn1. The number of hydrogen-bond donors (Lipinski definition) is 1. The van der Waals surface area contributed by atoms with Crippen LogP contribution in [-0.2, 0) is 18.8 Å². The first kappa shape index (κ1) is 17.4. The molecule has 1 rings (SSSR count). The average Bonchev–Trinajstić information content (AvgIpc) is 2.85. The Kier molecular flexibility index (Phi) is 9.46. The van der Waals surface area contributed by atoms with Gasteiger partial charge in [-0.3, -0.25) is 0 Å². The second kappa shape index (κ2) is 10.3. The van der Waals surface area contributed by atoms with Gasteiger partial charge in [-0.2, -0.15) is 8.42 Å². The molecule has 0 radical (unpaired) electrons. The van der Waals surface area contributed by atoms with E-state index >= 15 is 0 Å². The predicted octanol–water partition coefficient (Wildman–Crippen LogP) is 2.56. The summed E-state index contributed by atoms with van der Waals surface area (Å²) in [5.74, 6) is 0.0936. The predicted molar refractivity (Wildman–Crippen MR) is 73.4 cm³/mol. The van der Waals surface area contributed by atoms with E-state index in [9.17, 15) is 8.42 Å². The van der Waals surface area contributed by atoms with Crippen molar-refractivity contribution in [3.63, 3.8) is 0 Å². The number of aromatic nitrogens is 2. The maximum Gasteiger partial charge on any atom is 0.448 e. The van der Waals surface area contributed by atoms with Gasteiger partial charge in [-0.05, 0) is 26.2 Å². The number of nitrogens with zero attached hydrogens (tertiary/aromatic N) is 1. The van der Waals surface area contributed by atoms with E-state index in [4.69, 9.17) is 0 Å². The van der Waals surface area contributed by atoms with E-state index in [1.807, 2.05) is 0 Å². The molecular weight excluding hydrogens is 268 g/mol. The molecule has 0 atom stereocenters. The van der Waals surface area contributed by atoms with Crippen LogP contribution in [0.3, 0.4) is 0 Å². The first-order valence-electron chi connectivity index (χ1n) is 5.76. The Bertz CT molecular complexity index is 423. The van der Waals surface area contributed by atoms with Gasteiger partial charge in [0.2, 0.25) is 0 Å². The van der Waals surface area contributed by atoms with Gasteiger partial charge in [0, 0.05) is 12.4 Å². The molecule has 0 aromatic carbocycles. The van der Waals surface area contributed by atoms with Gasteiger partial charge in [-0.15, -0.1) is 6.58 Å². The molecule has 0 aliphatic heterocycles. The van der Waals surface area contributed by atoms with Gasteiger partial charge in [0.15, 0.2) is 0 Å². The van der Waals surface area contributed by atoms with Crippen LogP contribution >= 0.6 is 0 Å². The topological polar surface area (TPSA) is 81.3 Å². The molecular formula is C12H20N2O4S. The minimum absolute atomic E-state index is 0.0936. The molecule has 0 fully saturated rings. The molecule has 7 heteroatoms. The van der Waals surface area contributed by atoms with E-state index in [-0.39, 0.29) is 12.4 Å². The van der Waals surface area contributed by atoms with Crippen LogP contribution in [0.25, 0.3) is 0 Å². The number of imidazole rings is 1. The molecule has 1 heterocycles. The summed E-state index contributed by atoms with van der Waals surface area (Å²) in [6, 6.07) is 0. The third-order valence-electron chi connectivity index (χ3n) is 1.68. The Labute approximate surface area is 114 Å². The highest BCUT2D eigenvalue weighted by Crippen LogP contribution is 2.05. The first-order valence-corrected chi connectivity index (χ1v) is 7.09. The summed E-state index contributed by atoms with van der Waals surface area (Å²) < 4.78 is 30.8. The lowest BCUT2D eigenvalue weighted by molar-refractivity contribution is 0.245. The van der Waals surface area contributed by atoms with Crippen LogP contribution in [0.4, 0.5) is 0 Å². The summed E-state index contributed by atoms with van der Waals surface area (Å²) in [4.78, 5) is 6.42. The van der Waals surface area contributed by atoms with Gasteiger partial charge in [-0.1, -0.05) is 12.7 Å². The van der Waals surface area contributed by atoms with Gasteiger partial charge < -0.3 is 9.17 Å². The number of rotatable bonds is 8. The van der Waals surface area contributed by atoms with Crippen molar-refractivity contribution in [1.29, 1.82) is 0 Å². The fourth-order valence-electron chi connectivity index (χ4n) is 0.965. The smallest absolute Gasteiger partial charge is 0.367 e. The molecule has 0 amide bonds. The normalized spacial score (nSPS) is 10.2. The zero-order valence-corrected chi connectivity index (χ0v) is 11.9. The number of unbranched alkanes of at least 4 members (excludes halogenated alkanes) is 2. The van der Waals surface area contributed by atoms with E-state index in [0.29, 0.717) is 6.42 Å².